The average Bonchev–Trinajstić information content (AvgIpc) is 2.92. The van der Waals surface area contributed by atoms with Gasteiger partial charge in [-0.3, -0.25) is 0 Å². The Labute approximate surface area is 80.3 Å². The molecule has 0 unspecified atom stereocenters. The summed E-state index contributed by atoms with van der Waals surface area (Å²) in [6.45, 7) is 3.53. The number of hydrogen-bond acceptors (Lipinski definition) is 3. The van der Waals surface area contributed by atoms with Crippen molar-refractivity contribution in [3.05, 3.63) is 0 Å². The smallest absolute Gasteiger partial charge is 0.0635 e. The molecule has 0 aromatic rings. The molecule has 1 rings (SSSR count). The summed E-state index contributed by atoms with van der Waals surface area (Å²) < 4.78 is 5.48. The molecule has 1 saturated carbocycles. The Morgan fingerprint density at radius 2 is 2.23 bits per heavy atom. The van der Waals surface area contributed by atoms with Gasteiger partial charge >= 0.3 is 0 Å². The Hall–Kier alpha value is -0.590. The lowest BCUT2D eigenvalue weighted by Gasteiger charge is -2.14. The Kier molecular flexibility index (Phi) is 4.81. The van der Waals surface area contributed by atoms with Crippen LogP contribution in [0.4, 0.5) is 0 Å². The van der Waals surface area contributed by atoms with Crippen molar-refractivity contribution in [3.63, 3.8) is 0 Å². The zero-order valence-electron chi connectivity index (χ0n) is 8.33. The monoisotopic (exact) mass is 182 g/mol. The molecule has 0 aromatic heterocycles. The minimum absolute atomic E-state index is 0.610. The Morgan fingerprint density at radius 1 is 1.46 bits per heavy atom. The number of rotatable bonds is 7. The molecule has 0 heterocycles. The molecule has 0 atom stereocenters. The largest absolute Gasteiger partial charge is 0.380 e. The van der Waals surface area contributed by atoms with Crippen LogP contribution in [0.5, 0.6) is 0 Å². The predicted octanol–water partition coefficient (Wildman–Crippen LogP) is 1.26. The summed E-state index contributed by atoms with van der Waals surface area (Å²) in [5, 5.41) is 8.36. The maximum absolute atomic E-state index is 8.36. The molecule has 0 N–H and O–H groups in total. The Morgan fingerprint density at radius 3 is 2.85 bits per heavy atom. The molecule has 74 valence electrons. The molecule has 3 heteroatoms. The van der Waals surface area contributed by atoms with Crippen LogP contribution in [-0.2, 0) is 4.74 Å². The van der Waals surface area contributed by atoms with E-state index in [0.29, 0.717) is 6.42 Å². The second-order valence-corrected chi connectivity index (χ2v) is 3.73. The third-order valence-corrected chi connectivity index (χ3v) is 2.27. The minimum Gasteiger partial charge on any atom is -0.380 e. The van der Waals surface area contributed by atoms with E-state index in [1.807, 2.05) is 7.05 Å². The van der Waals surface area contributed by atoms with Gasteiger partial charge in [0.1, 0.15) is 0 Å². The zero-order valence-corrected chi connectivity index (χ0v) is 8.33. The fourth-order valence-corrected chi connectivity index (χ4v) is 1.11. The summed E-state index contributed by atoms with van der Waals surface area (Å²) in [4.78, 5) is 2.14. The highest BCUT2D eigenvalue weighted by Gasteiger charge is 2.20. The van der Waals surface area contributed by atoms with Gasteiger partial charge in [-0.1, -0.05) is 0 Å². The van der Waals surface area contributed by atoms with Crippen molar-refractivity contribution in [2.45, 2.75) is 19.3 Å². The van der Waals surface area contributed by atoms with Crippen LogP contribution in [0.2, 0.25) is 0 Å². The molecule has 0 bridgehead atoms. The predicted molar refractivity (Wildman–Crippen MR) is 51.3 cm³/mol. The van der Waals surface area contributed by atoms with Gasteiger partial charge in [-0.2, -0.15) is 5.26 Å². The van der Waals surface area contributed by atoms with Crippen LogP contribution in [0.25, 0.3) is 0 Å². The van der Waals surface area contributed by atoms with Crippen LogP contribution in [0.15, 0.2) is 0 Å². The van der Waals surface area contributed by atoms with Crippen molar-refractivity contribution in [1.29, 1.82) is 5.26 Å². The number of hydrogen-bond donors (Lipinski definition) is 0. The minimum atomic E-state index is 0.610. The first-order valence-corrected chi connectivity index (χ1v) is 4.96. The highest BCUT2D eigenvalue weighted by atomic mass is 16.5. The van der Waals surface area contributed by atoms with Gasteiger partial charge in [0.05, 0.1) is 12.7 Å². The quantitative estimate of drug-likeness (QED) is 0.556. The lowest BCUT2D eigenvalue weighted by atomic mass is 10.4. The molecule has 1 aliphatic carbocycles. The summed E-state index contributed by atoms with van der Waals surface area (Å²) >= 11 is 0. The van der Waals surface area contributed by atoms with Gasteiger partial charge in [0.15, 0.2) is 0 Å². The van der Waals surface area contributed by atoms with Crippen molar-refractivity contribution in [1.82, 2.24) is 4.90 Å². The van der Waals surface area contributed by atoms with Gasteiger partial charge in [-0.05, 0) is 25.8 Å². The van der Waals surface area contributed by atoms with Crippen molar-refractivity contribution in [2.75, 3.05) is 33.4 Å². The van der Waals surface area contributed by atoms with E-state index in [1.54, 1.807) is 0 Å². The molecule has 3 nitrogen and oxygen atoms in total. The highest BCUT2D eigenvalue weighted by Crippen LogP contribution is 2.28. The van der Waals surface area contributed by atoms with E-state index in [1.165, 1.54) is 12.8 Å². The highest BCUT2D eigenvalue weighted by molar-refractivity contribution is 4.72. The fourth-order valence-electron chi connectivity index (χ4n) is 1.11. The molecule has 0 aliphatic heterocycles. The third-order valence-electron chi connectivity index (χ3n) is 2.27. The molecule has 0 saturated heterocycles. The SMILES string of the molecule is CN(CCC#N)CCOCC1CC1. The molecule has 0 amide bonds. The van der Waals surface area contributed by atoms with E-state index in [2.05, 4.69) is 11.0 Å². The van der Waals surface area contributed by atoms with E-state index < -0.39 is 0 Å². The average molecular weight is 182 g/mol. The van der Waals surface area contributed by atoms with Crippen LogP contribution < -0.4 is 0 Å². The summed E-state index contributed by atoms with van der Waals surface area (Å²) in [5.74, 6) is 0.851. The van der Waals surface area contributed by atoms with Gasteiger partial charge < -0.3 is 9.64 Å². The van der Waals surface area contributed by atoms with Crippen LogP contribution in [0, 0.1) is 17.2 Å². The summed E-state index contributed by atoms with van der Waals surface area (Å²) in [5.41, 5.74) is 0. The standard InChI is InChI=1S/C10H18N2O/c1-12(6-2-5-11)7-8-13-9-10-3-4-10/h10H,2-4,6-9H2,1H3. The van der Waals surface area contributed by atoms with Crippen molar-refractivity contribution in [2.24, 2.45) is 5.92 Å². The van der Waals surface area contributed by atoms with Crippen molar-refractivity contribution < 1.29 is 4.74 Å². The first kappa shape index (κ1) is 10.5. The lowest BCUT2D eigenvalue weighted by Crippen LogP contribution is -2.24. The topological polar surface area (TPSA) is 36.3 Å². The van der Waals surface area contributed by atoms with Gasteiger partial charge in [0.2, 0.25) is 0 Å². The Bertz CT molecular complexity index is 172. The molecule has 0 aromatic carbocycles. The van der Waals surface area contributed by atoms with Gasteiger partial charge in [0, 0.05) is 26.1 Å². The maximum Gasteiger partial charge on any atom is 0.0635 e. The van der Waals surface area contributed by atoms with Crippen LogP contribution >= 0.6 is 0 Å². The normalized spacial score (nSPS) is 16.1. The fraction of sp³-hybridized carbons (Fsp3) is 0.900. The van der Waals surface area contributed by atoms with Gasteiger partial charge in [-0.25, -0.2) is 0 Å². The van der Waals surface area contributed by atoms with E-state index >= 15 is 0 Å². The third kappa shape index (κ3) is 5.62. The Balaban J connectivity index is 1.83. The molecule has 0 radical (unpaired) electrons. The molecule has 1 aliphatic rings. The zero-order chi connectivity index (χ0) is 9.52. The second-order valence-electron chi connectivity index (χ2n) is 3.73. The second kappa shape index (κ2) is 5.95. The summed E-state index contributed by atoms with van der Waals surface area (Å²) in [6, 6.07) is 2.13. The number of nitriles is 1. The molecular weight excluding hydrogens is 164 g/mol. The van der Waals surface area contributed by atoms with Gasteiger partial charge in [0.25, 0.3) is 0 Å². The first-order valence-electron chi connectivity index (χ1n) is 4.96. The molecule has 1 fully saturated rings. The van der Waals surface area contributed by atoms with E-state index in [4.69, 9.17) is 10.00 Å². The van der Waals surface area contributed by atoms with Gasteiger partial charge in [-0.15, -0.1) is 0 Å². The number of likely N-dealkylation sites (N-methyl/N-ethyl adjacent to an activating group) is 1. The van der Waals surface area contributed by atoms with E-state index in [-0.39, 0.29) is 0 Å². The van der Waals surface area contributed by atoms with Crippen LogP contribution in [0.3, 0.4) is 0 Å². The van der Waals surface area contributed by atoms with E-state index in [9.17, 15) is 0 Å². The lowest BCUT2D eigenvalue weighted by molar-refractivity contribution is 0.104. The first-order chi connectivity index (χ1) is 6.33. The number of nitrogens with zero attached hydrogens (tertiary/aromatic N) is 2. The van der Waals surface area contributed by atoms with Crippen molar-refractivity contribution >= 4 is 0 Å². The summed E-state index contributed by atoms with van der Waals surface area (Å²) in [7, 11) is 2.03. The van der Waals surface area contributed by atoms with Crippen LogP contribution in [0.1, 0.15) is 19.3 Å². The van der Waals surface area contributed by atoms with E-state index in [0.717, 1.165) is 32.2 Å². The molecule has 0 spiro atoms. The van der Waals surface area contributed by atoms with Crippen LogP contribution in [-0.4, -0.2) is 38.3 Å². The number of ether oxygens (including phenoxy) is 1. The van der Waals surface area contributed by atoms with Crippen molar-refractivity contribution in [3.8, 4) is 6.07 Å². The maximum atomic E-state index is 8.36. The summed E-state index contributed by atoms with van der Waals surface area (Å²) in [6.07, 6.45) is 3.31. The molecule has 13 heavy (non-hydrogen) atoms. The molecular formula is C10H18N2O.